The van der Waals surface area contributed by atoms with Crippen LogP contribution in [0, 0.1) is 56.7 Å². The van der Waals surface area contributed by atoms with Crippen molar-refractivity contribution >= 4 is 23.9 Å². The van der Waals surface area contributed by atoms with Crippen LogP contribution in [0.5, 0.6) is 0 Å². The number of nitrogens with one attached hydrogen (secondary N) is 1. The Bertz CT molecular complexity index is 1500. The molecule has 8 atom stereocenters. The highest BCUT2D eigenvalue weighted by atomic mass is 16.5. The first-order valence-corrected chi connectivity index (χ1v) is 19.1. The van der Waals surface area contributed by atoms with Gasteiger partial charge in [-0.2, -0.15) is 0 Å². The highest BCUT2D eigenvalue weighted by Gasteiger charge is 2.67. The first-order chi connectivity index (χ1) is 23.5. The van der Waals surface area contributed by atoms with Crippen LogP contribution in [0.25, 0.3) is 0 Å². The van der Waals surface area contributed by atoms with E-state index in [9.17, 15) is 19.2 Å². The van der Waals surface area contributed by atoms with Gasteiger partial charge in [0, 0.05) is 30.6 Å². The van der Waals surface area contributed by atoms with Gasteiger partial charge in [0.1, 0.15) is 12.4 Å². The highest BCUT2D eigenvalue weighted by molar-refractivity contribution is 6.06. The number of nitrogens with zero attached hydrogens (tertiary/aromatic N) is 1. The second kappa shape index (κ2) is 13.9. The summed E-state index contributed by atoms with van der Waals surface area (Å²) in [6.07, 6.45) is 10.7. The van der Waals surface area contributed by atoms with Crippen LogP contribution in [-0.4, -0.2) is 47.3 Å². The van der Waals surface area contributed by atoms with Crippen LogP contribution >= 0.6 is 0 Å². The van der Waals surface area contributed by atoms with Gasteiger partial charge in [0.15, 0.2) is 5.78 Å². The number of aromatic nitrogens is 1. The Balaban J connectivity index is 0.00000239. The predicted molar refractivity (Wildman–Crippen MR) is 193 cm³/mol. The molecule has 276 valence electrons. The summed E-state index contributed by atoms with van der Waals surface area (Å²) >= 11 is 0. The zero-order valence-electron chi connectivity index (χ0n) is 32.1. The smallest absolute Gasteiger partial charge is 0.307 e. The molecule has 1 aromatic heterocycles. The molecule has 1 heterocycles. The third-order valence-electron chi connectivity index (χ3n) is 14.3. The molecule has 6 rings (SSSR count). The minimum atomic E-state index is -0.751. The fourth-order valence-electron chi connectivity index (χ4n) is 12.2. The quantitative estimate of drug-likeness (QED) is 0.215. The zero-order valence-corrected chi connectivity index (χ0v) is 32.1. The Morgan fingerprint density at radius 2 is 1.70 bits per heavy atom. The number of carbonyl (C=O) groups is 4. The number of fused-ring (bicyclic) bond motifs is 7. The molecule has 8 heteroatoms. The highest BCUT2D eigenvalue weighted by Crippen LogP contribution is 2.73. The summed E-state index contributed by atoms with van der Waals surface area (Å²) in [6.45, 7) is 17.8. The van der Waals surface area contributed by atoms with Crippen LogP contribution in [0.15, 0.2) is 35.5 Å². The first-order valence-electron chi connectivity index (χ1n) is 19.1. The third kappa shape index (κ3) is 6.30. The van der Waals surface area contributed by atoms with Crippen molar-refractivity contribution in [2.24, 2.45) is 56.7 Å². The molecule has 0 aromatic carbocycles. The third-order valence-corrected chi connectivity index (χ3v) is 14.3. The van der Waals surface area contributed by atoms with Gasteiger partial charge in [-0.1, -0.05) is 61.5 Å². The fourth-order valence-corrected chi connectivity index (χ4v) is 12.2. The summed E-state index contributed by atoms with van der Waals surface area (Å²) in [5.74, 6) is 1.61. The molecule has 1 aromatic rings. The number of ketones is 1. The molecule has 5 aliphatic rings. The number of amides is 1. The molecule has 5 unspecified atom stereocenters. The van der Waals surface area contributed by atoms with Gasteiger partial charge in [0.05, 0.1) is 24.1 Å². The molecule has 1 amide bonds. The van der Waals surface area contributed by atoms with E-state index in [-0.39, 0.29) is 58.3 Å². The Hall–Kier alpha value is -2.87. The van der Waals surface area contributed by atoms with Gasteiger partial charge in [-0.05, 0) is 115 Å². The molecule has 0 bridgehead atoms. The summed E-state index contributed by atoms with van der Waals surface area (Å²) in [5, 5.41) is 10.2. The molecule has 0 aliphatic heterocycles. The van der Waals surface area contributed by atoms with Crippen molar-refractivity contribution in [1.82, 2.24) is 10.3 Å². The number of esters is 1. The maximum Gasteiger partial charge on any atom is 0.307 e. The van der Waals surface area contributed by atoms with Crippen molar-refractivity contribution in [2.45, 2.75) is 132 Å². The van der Waals surface area contributed by atoms with Crippen LogP contribution in [0.1, 0.15) is 125 Å². The molecular weight excluding hydrogens is 628 g/mol. The number of rotatable bonds is 8. The van der Waals surface area contributed by atoms with E-state index in [1.807, 2.05) is 18.2 Å². The number of hydrogen-bond acceptors (Lipinski definition) is 7. The monoisotopic (exact) mass is 690 g/mol. The molecule has 8 nitrogen and oxygen atoms in total. The van der Waals surface area contributed by atoms with Gasteiger partial charge in [-0.15, -0.1) is 0 Å². The lowest BCUT2D eigenvalue weighted by molar-refractivity contribution is -0.213. The number of allylic oxidation sites excluding steroid dienone is 1. The van der Waals surface area contributed by atoms with Gasteiger partial charge in [-0.3, -0.25) is 19.4 Å². The minimum absolute atomic E-state index is 0.000279. The number of hydrogen-bond donors (Lipinski definition) is 2. The van der Waals surface area contributed by atoms with Gasteiger partial charge < -0.3 is 20.0 Å². The van der Waals surface area contributed by atoms with Crippen LogP contribution < -0.4 is 5.32 Å². The van der Waals surface area contributed by atoms with Crippen LogP contribution in [0.2, 0.25) is 0 Å². The number of aliphatic hydroxyl groups is 1. The topological polar surface area (TPSA) is 123 Å². The molecular formula is C42H62N2O6. The van der Waals surface area contributed by atoms with Crippen molar-refractivity contribution in [2.75, 3.05) is 7.11 Å². The van der Waals surface area contributed by atoms with E-state index in [0.717, 1.165) is 76.0 Å². The maximum atomic E-state index is 14.3. The molecule has 0 spiro atoms. The lowest BCUT2D eigenvalue weighted by Crippen LogP contribution is -2.63. The van der Waals surface area contributed by atoms with E-state index in [1.54, 1.807) is 20.0 Å². The van der Waals surface area contributed by atoms with Gasteiger partial charge in [0.25, 0.3) is 0 Å². The van der Waals surface area contributed by atoms with Crippen molar-refractivity contribution in [1.29, 1.82) is 0 Å². The van der Waals surface area contributed by atoms with Gasteiger partial charge in [0.2, 0.25) is 5.91 Å². The Labute approximate surface area is 300 Å². The Morgan fingerprint density at radius 3 is 2.34 bits per heavy atom. The van der Waals surface area contributed by atoms with Gasteiger partial charge >= 0.3 is 5.97 Å². The number of ether oxygens (including phenoxy) is 1. The van der Waals surface area contributed by atoms with Crippen LogP contribution in [0.4, 0.5) is 0 Å². The number of aliphatic hydroxyl groups excluding tert-OH is 1. The molecule has 0 radical (unpaired) electrons. The summed E-state index contributed by atoms with van der Waals surface area (Å²) in [4.78, 5) is 57.0. The predicted octanol–water partition coefficient (Wildman–Crippen LogP) is 7.42. The number of pyridine rings is 1. The Kier molecular flexibility index (Phi) is 10.7. The number of Topliss-reactive ketones (excluding diaryl/α,β-unsaturated/α-hetero) is 1. The Morgan fingerprint density at radius 1 is 1.00 bits per heavy atom. The molecule has 5 aliphatic carbocycles. The SMILES string of the molecule is CC(C)C1=C2C3CCC4[C@@](C)(CCC5C(C)(C)C(OC(=O)CC(C)(C)C=O)CC[C@@]54C)C3CC[C@@]2(C(=O)NCc2ccccn2)CC1=O.CO. The van der Waals surface area contributed by atoms with E-state index in [2.05, 4.69) is 51.8 Å². The molecule has 50 heavy (non-hydrogen) atoms. The maximum absolute atomic E-state index is 14.3. The van der Waals surface area contributed by atoms with E-state index >= 15 is 0 Å². The number of aldehydes is 1. The molecule has 2 N–H and O–H groups in total. The normalized spacial score (nSPS) is 35.8. The standard InChI is InChI=1S/C41H58N2O5.CH4O/c1-25(2)34-29(45)21-41(36(47)43-23-26-11-9-10-20-42-26)19-14-28-27(35(34)41)12-13-31-39(28,7)17-15-30-38(5,6)32(16-18-40(30,31)8)48-33(46)22-37(3,4)24-44;1-2/h9-11,20,24-25,27-28,30-32H,12-19,21-23H2,1-8H3,(H,43,47);2H,1H3/t27?,28?,30?,31?,32?,39-,40-,41+;/m0./s1. The van der Waals surface area contributed by atoms with Crippen LogP contribution in [-0.2, 0) is 30.5 Å². The second-order valence-corrected chi connectivity index (χ2v) is 18.3. The summed E-state index contributed by atoms with van der Waals surface area (Å²) in [5.41, 5.74) is 1.51. The van der Waals surface area contributed by atoms with E-state index in [4.69, 9.17) is 9.84 Å². The van der Waals surface area contributed by atoms with E-state index in [1.165, 1.54) is 5.57 Å². The molecule has 0 saturated heterocycles. The lowest BCUT2D eigenvalue weighted by atomic mass is 9.36. The fraction of sp³-hybridized carbons (Fsp3) is 0.738. The minimum Gasteiger partial charge on any atom is -0.462 e. The van der Waals surface area contributed by atoms with E-state index < -0.39 is 10.8 Å². The van der Waals surface area contributed by atoms with Crippen molar-refractivity contribution in [3.8, 4) is 0 Å². The number of carbonyl (C=O) groups excluding carboxylic acids is 4. The summed E-state index contributed by atoms with van der Waals surface area (Å²) < 4.78 is 6.18. The largest absolute Gasteiger partial charge is 0.462 e. The first kappa shape index (κ1) is 38.4. The second-order valence-electron chi connectivity index (χ2n) is 18.3. The summed E-state index contributed by atoms with van der Waals surface area (Å²) in [7, 11) is 1.00. The summed E-state index contributed by atoms with van der Waals surface area (Å²) in [6, 6.07) is 5.74. The van der Waals surface area contributed by atoms with Crippen molar-refractivity contribution in [3.63, 3.8) is 0 Å². The molecule has 4 fully saturated rings. The average Bonchev–Trinajstić information content (AvgIpc) is 3.39. The molecule has 4 saturated carbocycles. The van der Waals surface area contributed by atoms with Crippen LogP contribution in [0.3, 0.4) is 0 Å². The van der Waals surface area contributed by atoms with E-state index in [0.29, 0.717) is 30.7 Å². The van der Waals surface area contributed by atoms with Crippen molar-refractivity contribution < 1.29 is 29.0 Å². The average molecular weight is 691 g/mol. The zero-order chi connectivity index (χ0) is 36.9. The lowest BCUT2D eigenvalue weighted by Gasteiger charge is -2.68. The van der Waals surface area contributed by atoms with Gasteiger partial charge in [-0.25, -0.2) is 0 Å². The van der Waals surface area contributed by atoms with Crippen molar-refractivity contribution in [3.05, 3.63) is 41.2 Å².